The number of rotatable bonds is 4. The number of carbonyl (C=O) groups is 1. The Hall–Kier alpha value is -1.81. The zero-order valence-corrected chi connectivity index (χ0v) is 10.0. The average Bonchev–Trinajstić information content (AvgIpc) is 2.66. The molecule has 84 valence electrons. The molecule has 16 heavy (non-hydrogen) atoms. The van der Waals surface area contributed by atoms with Crippen molar-refractivity contribution in [2.75, 3.05) is 11.9 Å². The van der Waals surface area contributed by atoms with Crippen LogP contribution in [0.5, 0.6) is 0 Å². The van der Waals surface area contributed by atoms with Crippen molar-refractivity contribution in [2.45, 2.75) is 6.92 Å². The molecule has 0 atom stereocenters. The Bertz CT molecular complexity index is 447. The molecule has 1 aromatic heterocycles. The number of carbonyl (C=O) groups excluding carboxylic acids is 1. The van der Waals surface area contributed by atoms with E-state index in [2.05, 4.69) is 36.2 Å². The van der Waals surface area contributed by atoms with E-state index in [-0.39, 0.29) is 12.2 Å². The topological polar surface area (TPSA) is 90.8 Å². The normalized spacial score (nSPS) is 10.7. The highest BCUT2D eigenvalue weighted by molar-refractivity contribution is 9.10. The highest BCUT2D eigenvalue weighted by atomic mass is 79.9. The lowest BCUT2D eigenvalue weighted by molar-refractivity contribution is -0.138. The maximum absolute atomic E-state index is 11.2. The van der Waals surface area contributed by atoms with Crippen LogP contribution in [0.4, 0.5) is 5.82 Å². The largest absolute Gasteiger partial charge is 0.462 e. The lowest BCUT2D eigenvalue weighted by Crippen LogP contribution is -2.08. The van der Waals surface area contributed by atoms with E-state index in [4.69, 9.17) is 5.26 Å². The van der Waals surface area contributed by atoms with Crippen LogP contribution in [0.15, 0.2) is 22.4 Å². The van der Waals surface area contributed by atoms with Crippen LogP contribution >= 0.6 is 15.9 Å². The molecule has 7 heteroatoms. The fraction of sp³-hybridized carbons (Fsp3) is 0.222. The van der Waals surface area contributed by atoms with Gasteiger partial charge in [-0.3, -0.25) is 5.10 Å². The summed E-state index contributed by atoms with van der Waals surface area (Å²) in [7, 11) is 0. The van der Waals surface area contributed by atoms with Gasteiger partial charge in [0.15, 0.2) is 5.57 Å². The lowest BCUT2D eigenvalue weighted by atomic mass is 10.3. The Morgan fingerprint density at radius 3 is 3.12 bits per heavy atom. The summed E-state index contributed by atoms with van der Waals surface area (Å²) in [5.74, 6) is -0.106. The summed E-state index contributed by atoms with van der Waals surface area (Å²) in [4.78, 5) is 11.2. The van der Waals surface area contributed by atoms with Crippen molar-refractivity contribution >= 4 is 27.7 Å². The number of anilines is 1. The van der Waals surface area contributed by atoms with Gasteiger partial charge in [0.1, 0.15) is 11.9 Å². The quantitative estimate of drug-likeness (QED) is 0.497. The fourth-order valence-electron chi connectivity index (χ4n) is 0.863. The number of H-pyrrole nitrogens is 1. The van der Waals surface area contributed by atoms with E-state index in [1.165, 1.54) is 6.20 Å². The SMILES string of the molecule is CCOC(=O)C(C#N)=CNc1[nH]ncc1Br. The third-order valence-corrected chi connectivity index (χ3v) is 2.17. The van der Waals surface area contributed by atoms with Crippen molar-refractivity contribution < 1.29 is 9.53 Å². The number of esters is 1. The van der Waals surface area contributed by atoms with Crippen LogP contribution in [0, 0.1) is 11.3 Å². The van der Waals surface area contributed by atoms with Gasteiger partial charge in [-0.2, -0.15) is 10.4 Å². The molecule has 1 heterocycles. The first-order valence-corrected chi connectivity index (χ1v) is 5.21. The zero-order chi connectivity index (χ0) is 12.0. The number of nitrogens with one attached hydrogen (secondary N) is 2. The summed E-state index contributed by atoms with van der Waals surface area (Å²) >= 11 is 3.22. The molecule has 0 aromatic carbocycles. The van der Waals surface area contributed by atoms with Gasteiger partial charge in [-0.15, -0.1) is 0 Å². The molecule has 1 rings (SSSR count). The number of hydrogen-bond acceptors (Lipinski definition) is 5. The fourth-order valence-corrected chi connectivity index (χ4v) is 1.17. The van der Waals surface area contributed by atoms with Gasteiger partial charge in [-0.05, 0) is 22.9 Å². The first-order chi connectivity index (χ1) is 7.69. The lowest BCUT2D eigenvalue weighted by Gasteiger charge is -2.00. The van der Waals surface area contributed by atoms with E-state index < -0.39 is 5.97 Å². The number of nitrogens with zero attached hydrogens (tertiary/aromatic N) is 2. The Balaban J connectivity index is 2.72. The van der Waals surface area contributed by atoms with Crippen LogP contribution in [0.3, 0.4) is 0 Å². The van der Waals surface area contributed by atoms with Crippen LogP contribution in [0.1, 0.15) is 6.92 Å². The summed E-state index contributed by atoms with van der Waals surface area (Å²) in [6.45, 7) is 1.90. The number of halogens is 1. The number of nitriles is 1. The highest BCUT2D eigenvalue weighted by Crippen LogP contribution is 2.17. The minimum absolute atomic E-state index is 0.108. The second-order valence-corrected chi connectivity index (χ2v) is 3.48. The summed E-state index contributed by atoms with van der Waals surface area (Å²) < 4.78 is 5.39. The number of hydrogen-bond donors (Lipinski definition) is 2. The minimum atomic E-state index is -0.659. The summed E-state index contributed by atoms with van der Waals surface area (Å²) in [6, 6.07) is 1.74. The first-order valence-electron chi connectivity index (χ1n) is 4.41. The van der Waals surface area contributed by atoms with Gasteiger partial charge in [-0.25, -0.2) is 4.79 Å². The zero-order valence-electron chi connectivity index (χ0n) is 8.45. The van der Waals surface area contributed by atoms with Crippen molar-refractivity contribution in [1.82, 2.24) is 10.2 Å². The van der Waals surface area contributed by atoms with Gasteiger partial charge < -0.3 is 10.1 Å². The molecule has 0 spiro atoms. The molecule has 2 N–H and O–H groups in total. The van der Waals surface area contributed by atoms with Crippen LogP contribution in [-0.4, -0.2) is 22.8 Å². The molecular weight excluding hydrogens is 276 g/mol. The Labute approximate surface area is 100 Å². The maximum Gasteiger partial charge on any atom is 0.350 e. The van der Waals surface area contributed by atoms with E-state index in [0.29, 0.717) is 10.3 Å². The third-order valence-electron chi connectivity index (χ3n) is 1.57. The number of ether oxygens (including phenoxy) is 1. The predicted octanol–water partition coefficient (Wildman–Crippen LogP) is 1.55. The Morgan fingerprint density at radius 1 is 1.88 bits per heavy atom. The maximum atomic E-state index is 11.2. The van der Waals surface area contributed by atoms with Gasteiger partial charge in [0, 0.05) is 6.20 Å². The highest BCUT2D eigenvalue weighted by Gasteiger charge is 2.09. The molecule has 0 saturated heterocycles. The molecule has 0 saturated carbocycles. The van der Waals surface area contributed by atoms with Crippen LogP contribution in [0.2, 0.25) is 0 Å². The van der Waals surface area contributed by atoms with Crippen LogP contribution in [-0.2, 0) is 9.53 Å². The Morgan fingerprint density at radius 2 is 2.62 bits per heavy atom. The van der Waals surface area contributed by atoms with E-state index >= 15 is 0 Å². The van der Waals surface area contributed by atoms with Crippen molar-refractivity contribution in [3.8, 4) is 6.07 Å². The second kappa shape index (κ2) is 5.92. The first kappa shape index (κ1) is 12.3. The summed E-state index contributed by atoms with van der Waals surface area (Å²) in [5.41, 5.74) is -0.108. The number of aromatic nitrogens is 2. The molecular formula is C9H9BrN4O2. The molecule has 0 unspecified atom stereocenters. The second-order valence-electron chi connectivity index (χ2n) is 2.63. The molecule has 0 fully saturated rings. The van der Waals surface area contributed by atoms with Crippen molar-refractivity contribution in [2.24, 2.45) is 0 Å². The van der Waals surface area contributed by atoms with Gasteiger partial charge in [0.25, 0.3) is 0 Å². The monoisotopic (exact) mass is 284 g/mol. The van der Waals surface area contributed by atoms with Crippen molar-refractivity contribution in [3.63, 3.8) is 0 Å². The third kappa shape index (κ3) is 3.10. The Kier molecular flexibility index (Phi) is 4.54. The molecule has 0 radical (unpaired) electrons. The van der Waals surface area contributed by atoms with E-state index in [1.54, 1.807) is 19.2 Å². The molecule has 0 amide bonds. The average molecular weight is 285 g/mol. The van der Waals surface area contributed by atoms with Crippen molar-refractivity contribution in [3.05, 3.63) is 22.4 Å². The molecule has 0 bridgehead atoms. The van der Waals surface area contributed by atoms with Crippen molar-refractivity contribution in [1.29, 1.82) is 5.26 Å². The number of aromatic amines is 1. The van der Waals surface area contributed by atoms with E-state index in [1.807, 2.05) is 0 Å². The van der Waals surface area contributed by atoms with Gasteiger partial charge in [0.05, 0.1) is 17.3 Å². The summed E-state index contributed by atoms with van der Waals surface area (Å²) in [5, 5.41) is 17.8. The standard InChI is InChI=1S/C9H9BrN4O2/c1-2-16-9(15)6(3-11)4-12-8-7(10)5-13-14-8/h4-5H,2H2,1H3,(H2,12,13,14). The molecule has 0 aliphatic rings. The van der Waals surface area contributed by atoms with E-state index in [0.717, 1.165) is 0 Å². The van der Waals surface area contributed by atoms with Gasteiger partial charge in [-0.1, -0.05) is 0 Å². The minimum Gasteiger partial charge on any atom is -0.462 e. The molecule has 6 nitrogen and oxygen atoms in total. The predicted molar refractivity (Wildman–Crippen MR) is 60.2 cm³/mol. The van der Waals surface area contributed by atoms with Crippen LogP contribution in [0.25, 0.3) is 0 Å². The summed E-state index contributed by atoms with van der Waals surface area (Å²) in [6.07, 6.45) is 2.81. The molecule has 0 aliphatic carbocycles. The molecule has 0 aliphatic heterocycles. The van der Waals surface area contributed by atoms with E-state index in [9.17, 15) is 4.79 Å². The van der Waals surface area contributed by atoms with Gasteiger partial charge in [0.2, 0.25) is 0 Å². The van der Waals surface area contributed by atoms with Crippen LogP contribution < -0.4 is 5.32 Å². The van der Waals surface area contributed by atoms with Gasteiger partial charge >= 0.3 is 5.97 Å². The smallest absolute Gasteiger partial charge is 0.350 e. The molecule has 1 aromatic rings.